The van der Waals surface area contributed by atoms with Gasteiger partial charge in [-0.25, -0.2) is 17.6 Å². The minimum absolute atomic E-state index is 0.00997. The van der Waals surface area contributed by atoms with E-state index in [2.05, 4.69) is 25.5 Å². The Balaban J connectivity index is 1.70. The molecule has 4 N–H and O–H groups in total. The molecule has 0 amide bonds. The lowest BCUT2D eigenvalue weighted by atomic mass is 10.2. The van der Waals surface area contributed by atoms with Gasteiger partial charge >= 0.3 is 5.69 Å². The molecule has 2 aromatic carbocycles. The molecule has 36 heavy (non-hydrogen) atoms. The van der Waals surface area contributed by atoms with Crippen LogP contribution in [0.25, 0.3) is 27.8 Å². The highest BCUT2D eigenvalue weighted by atomic mass is 32.2. The number of aromatic amines is 1. The number of rotatable bonds is 6. The molecular weight excluding hydrogens is 487 g/mol. The van der Waals surface area contributed by atoms with Gasteiger partial charge in [-0.3, -0.25) is 14.2 Å². The van der Waals surface area contributed by atoms with E-state index in [4.69, 9.17) is 5.73 Å². The molecule has 0 saturated carbocycles. The molecule has 11 nitrogen and oxygen atoms in total. The first-order valence-electron chi connectivity index (χ1n) is 11.0. The van der Waals surface area contributed by atoms with E-state index in [0.29, 0.717) is 17.7 Å². The third kappa shape index (κ3) is 3.96. The Hall–Kier alpha value is -4.26. The fourth-order valence-corrected chi connectivity index (χ4v) is 4.71. The standard InChI is InChI=1S/C23H23FN8O3S/c1-12(2)11-31-21-19(32(23(31)33)18-6-4-5-16-14(18)10-26-30-16)20(25)28-22(29-21)27-17-8-7-13(9-15(17)24)36(3,34)35/h4-10,12H,11H2,1-3H3,(H,26,30)(H3,25,27,28,29). The lowest BCUT2D eigenvalue weighted by molar-refractivity contribution is 0.517. The number of aromatic nitrogens is 6. The topological polar surface area (TPSA) is 154 Å². The minimum Gasteiger partial charge on any atom is -0.382 e. The van der Waals surface area contributed by atoms with E-state index in [1.54, 1.807) is 18.3 Å². The number of benzene rings is 2. The van der Waals surface area contributed by atoms with Gasteiger partial charge in [-0.2, -0.15) is 15.1 Å². The van der Waals surface area contributed by atoms with E-state index in [1.165, 1.54) is 21.3 Å². The Morgan fingerprint density at radius 1 is 1.19 bits per heavy atom. The molecule has 13 heteroatoms. The van der Waals surface area contributed by atoms with Gasteiger partial charge in [-0.1, -0.05) is 19.9 Å². The molecule has 0 atom stereocenters. The predicted octanol–water partition coefficient (Wildman–Crippen LogP) is 2.98. The predicted molar refractivity (Wildman–Crippen MR) is 135 cm³/mol. The number of anilines is 3. The molecule has 3 heterocycles. The van der Waals surface area contributed by atoms with Crippen molar-refractivity contribution in [2.24, 2.45) is 5.92 Å². The van der Waals surface area contributed by atoms with Crippen LogP contribution in [0.15, 0.2) is 52.3 Å². The molecule has 0 aliphatic carbocycles. The van der Waals surface area contributed by atoms with Crippen molar-refractivity contribution in [2.45, 2.75) is 25.3 Å². The molecule has 0 aliphatic rings. The molecule has 0 unspecified atom stereocenters. The van der Waals surface area contributed by atoms with Crippen LogP contribution in [0.1, 0.15) is 13.8 Å². The average Bonchev–Trinajstić information content (AvgIpc) is 3.38. The van der Waals surface area contributed by atoms with Gasteiger partial charge in [0.15, 0.2) is 21.3 Å². The van der Waals surface area contributed by atoms with Crippen molar-refractivity contribution in [2.75, 3.05) is 17.3 Å². The fourth-order valence-electron chi connectivity index (χ4n) is 4.07. The number of nitrogens with two attached hydrogens (primary N) is 1. The van der Waals surface area contributed by atoms with Crippen molar-refractivity contribution in [3.63, 3.8) is 0 Å². The zero-order valence-corrected chi connectivity index (χ0v) is 20.5. The number of hydrogen-bond acceptors (Lipinski definition) is 8. The largest absolute Gasteiger partial charge is 0.382 e. The highest BCUT2D eigenvalue weighted by Gasteiger charge is 2.23. The Morgan fingerprint density at radius 3 is 2.67 bits per heavy atom. The Bertz CT molecular complexity index is 1800. The average molecular weight is 511 g/mol. The number of nitrogens with one attached hydrogen (secondary N) is 2. The number of nitrogen functional groups attached to an aromatic ring is 1. The molecule has 0 aliphatic heterocycles. The smallest absolute Gasteiger partial charge is 0.335 e. The fraction of sp³-hybridized carbons (Fsp3) is 0.217. The van der Waals surface area contributed by atoms with E-state index in [1.807, 2.05) is 19.9 Å². The summed E-state index contributed by atoms with van der Waals surface area (Å²) in [5.74, 6) is -0.720. The van der Waals surface area contributed by atoms with Crippen molar-refractivity contribution in [1.29, 1.82) is 0 Å². The van der Waals surface area contributed by atoms with Gasteiger partial charge < -0.3 is 11.1 Å². The summed E-state index contributed by atoms with van der Waals surface area (Å²) in [5, 5.41) is 10.4. The van der Waals surface area contributed by atoms with Crippen LogP contribution >= 0.6 is 0 Å². The summed E-state index contributed by atoms with van der Waals surface area (Å²) in [5.41, 5.74) is 7.85. The molecule has 0 bridgehead atoms. The maximum Gasteiger partial charge on any atom is 0.335 e. The highest BCUT2D eigenvalue weighted by Crippen LogP contribution is 2.28. The van der Waals surface area contributed by atoms with Crippen LogP contribution in [0.3, 0.4) is 0 Å². The van der Waals surface area contributed by atoms with Gasteiger partial charge in [-0.05, 0) is 36.2 Å². The van der Waals surface area contributed by atoms with Crippen LogP contribution in [0.5, 0.6) is 0 Å². The van der Waals surface area contributed by atoms with E-state index < -0.39 is 15.7 Å². The van der Waals surface area contributed by atoms with Gasteiger partial charge in [0, 0.05) is 18.2 Å². The normalized spacial score (nSPS) is 12.1. The summed E-state index contributed by atoms with van der Waals surface area (Å²) in [6, 6.07) is 8.89. The maximum atomic E-state index is 14.7. The highest BCUT2D eigenvalue weighted by molar-refractivity contribution is 7.90. The second kappa shape index (κ2) is 8.45. The van der Waals surface area contributed by atoms with E-state index >= 15 is 0 Å². The molecule has 5 rings (SSSR count). The van der Waals surface area contributed by atoms with Crippen LogP contribution < -0.4 is 16.7 Å². The lowest BCUT2D eigenvalue weighted by Gasteiger charge is -2.10. The molecule has 3 aromatic heterocycles. The molecule has 5 aromatic rings. The summed E-state index contributed by atoms with van der Waals surface area (Å²) in [6.45, 7) is 4.29. The van der Waals surface area contributed by atoms with Gasteiger partial charge in [-0.15, -0.1) is 0 Å². The van der Waals surface area contributed by atoms with Crippen LogP contribution in [0.2, 0.25) is 0 Å². The quantitative estimate of drug-likeness (QED) is 0.315. The molecule has 0 fully saturated rings. The monoisotopic (exact) mass is 510 g/mol. The molecule has 0 radical (unpaired) electrons. The minimum atomic E-state index is -3.57. The second-order valence-electron chi connectivity index (χ2n) is 8.87. The van der Waals surface area contributed by atoms with Crippen LogP contribution in [0, 0.1) is 11.7 Å². The molecular formula is C23H23FN8O3S. The number of fused-ring (bicyclic) bond motifs is 2. The third-order valence-corrected chi connectivity index (χ3v) is 6.77. The van der Waals surface area contributed by atoms with Crippen LogP contribution in [0.4, 0.5) is 21.8 Å². The van der Waals surface area contributed by atoms with Gasteiger partial charge in [0.05, 0.1) is 28.0 Å². The van der Waals surface area contributed by atoms with Gasteiger partial charge in [0.25, 0.3) is 0 Å². The lowest BCUT2D eigenvalue weighted by Crippen LogP contribution is -2.25. The Kier molecular flexibility index (Phi) is 5.51. The van der Waals surface area contributed by atoms with E-state index in [0.717, 1.165) is 23.2 Å². The number of nitrogens with zero attached hydrogens (tertiary/aromatic N) is 5. The zero-order valence-electron chi connectivity index (χ0n) is 19.7. The Labute approximate surface area is 204 Å². The summed E-state index contributed by atoms with van der Waals surface area (Å²) in [6.07, 6.45) is 2.62. The second-order valence-corrected chi connectivity index (χ2v) is 10.9. The SMILES string of the molecule is CC(C)Cn1c(=O)n(-c2cccc3[nH]ncc23)c2c(N)nc(Nc3ccc(S(C)(=O)=O)cc3F)nc21. The summed E-state index contributed by atoms with van der Waals surface area (Å²) < 4.78 is 41.1. The number of H-pyrrole nitrogens is 1. The molecule has 0 saturated heterocycles. The first-order chi connectivity index (χ1) is 17.0. The zero-order chi connectivity index (χ0) is 25.8. The van der Waals surface area contributed by atoms with Crippen molar-refractivity contribution in [1.82, 2.24) is 29.3 Å². The Morgan fingerprint density at radius 2 is 1.97 bits per heavy atom. The molecule has 0 spiro atoms. The van der Waals surface area contributed by atoms with Crippen molar-refractivity contribution in [3.05, 3.63) is 58.9 Å². The summed E-state index contributed by atoms with van der Waals surface area (Å²) in [4.78, 5) is 22.3. The summed E-state index contributed by atoms with van der Waals surface area (Å²) >= 11 is 0. The third-order valence-electron chi connectivity index (χ3n) is 5.66. The van der Waals surface area contributed by atoms with E-state index in [9.17, 15) is 17.6 Å². The first kappa shape index (κ1) is 23.5. The van der Waals surface area contributed by atoms with Gasteiger partial charge in [0.2, 0.25) is 5.95 Å². The van der Waals surface area contributed by atoms with Crippen molar-refractivity contribution in [3.8, 4) is 5.69 Å². The van der Waals surface area contributed by atoms with Crippen molar-refractivity contribution < 1.29 is 12.8 Å². The number of imidazole rings is 1. The van der Waals surface area contributed by atoms with Crippen molar-refractivity contribution >= 4 is 49.4 Å². The first-order valence-corrected chi connectivity index (χ1v) is 12.9. The number of halogens is 1. The number of hydrogen-bond donors (Lipinski definition) is 3. The van der Waals surface area contributed by atoms with E-state index in [-0.39, 0.29) is 39.6 Å². The van der Waals surface area contributed by atoms with Crippen LogP contribution in [-0.2, 0) is 16.4 Å². The van der Waals surface area contributed by atoms with Crippen LogP contribution in [-0.4, -0.2) is 44.0 Å². The summed E-state index contributed by atoms with van der Waals surface area (Å²) in [7, 11) is -3.57. The molecule has 186 valence electrons. The number of sulfone groups is 1. The maximum absolute atomic E-state index is 14.7. The van der Waals surface area contributed by atoms with Gasteiger partial charge in [0.1, 0.15) is 11.3 Å².